The molecule has 1 amide bonds. The zero-order valence-corrected chi connectivity index (χ0v) is 20.2. The number of hydrogen-bond acceptors (Lipinski definition) is 6. The van der Waals surface area contributed by atoms with Crippen molar-refractivity contribution >= 4 is 33.0 Å². The number of likely N-dealkylation sites (N-methyl/N-ethyl adjacent to an activating group) is 1. The van der Waals surface area contributed by atoms with Crippen LogP contribution in [-0.2, 0) is 26.6 Å². The lowest BCUT2D eigenvalue weighted by molar-refractivity contribution is -0.255. The highest BCUT2D eigenvalue weighted by atomic mass is 32.2. The van der Waals surface area contributed by atoms with Crippen LogP contribution in [0.4, 0.5) is 36.4 Å². The Labute approximate surface area is 205 Å². The van der Waals surface area contributed by atoms with Gasteiger partial charge in [0.05, 0.1) is 10.4 Å². The number of carbonyl (C=O) groups excluding carboxylic acids is 1. The number of carbonyl (C=O) groups is 1. The fourth-order valence-electron chi connectivity index (χ4n) is 3.86. The second-order valence-corrected chi connectivity index (χ2v) is 11.2. The van der Waals surface area contributed by atoms with Crippen molar-refractivity contribution in [2.45, 2.75) is 35.1 Å². The van der Waals surface area contributed by atoms with Gasteiger partial charge in [0.2, 0.25) is 0 Å². The average Bonchev–Trinajstić information content (AvgIpc) is 3.28. The summed E-state index contributed by atoms with van der Waals surface area (Å²) in [5.74, 6) is -2.90. The van der Waals surface area contributed by atoms with Gasteiger partial charge in [0.25, 0.3) is 21.5 Å². The molecule has 1 aromatic carbocycles. The monoisotopic (exact) mass is 563 g/mol. The van der Waals surface area contributed by atoms with Gasteiger partial charge < -0.3 is 15.3 Å². The van der Waals surface area contributed by atoms with Crippen LogP contribution < -0.4 is 10.2 Å². The molecule has 0 saturated carbocycles. The van der Waals surface area contributed by atoms with E-state index in [-0.39, 0.29) is 36.7 Å². The fourth-order valence-corrected chi connectivity index (χ4v) is 7.01. The summed E-state index contributed by atoms with van der Waals surface area (Å²) >= 11 is 0.0531. The molecule has 1 aliphatic heterocycles. The second-order valence-electron chi connectivity index (χ2n) is 7.98. The molecule has 1 unspecified atom stereocenters. The van der Waals surface area contributed by atoms with E-state index in [4.69, 9.17) is 0 Å². The van der Waals surface area contributed by atoms with Gasteiger partial charge in [-0.2, -0.15) is 30.6 Å². The quantitative estimate of drug-likeness (QED) is 0.546. The van der Waals surface area contributed by atoms with Gasteiger partial charge in [-0.25, -0.2) is 12.8 Å². The summed E-state index contributed by atoms with van der Waals surface area (Å²) in [6, 6.07) is 2.69. The maximum Gasteiger partial charge on any atom is 0.431 e. The molecule has 0 bridgehead atoms. The van der Waals surface area contributed by atoms with Crippen molar-refractivity contribution in [3.8, 4) is 0 Å². The number of sulfonamides is 1. The van der Waals surface area contributed by atoms with E-state index >= 15 is 0 Å². The first-order valence-corrected chi connectivity index (χ1v) is 12.5. The predicted octanol–water partition coefficient (Wildman–Crippen LogP) is 3.30. The number of piperazine rings is 1. The number of rotatable bonds is 5. The van der Waals surface area contributed by atoms with Crippen LogP contribution in [0.3, 0.4) is 0 Å². The first-order chi connectivity index (χ1) is 16.4. The molecule has 16 heteroatoms. The number of nitrogens with zero attached hydrogens (tertiary/aromatic N) is 2. The number of benzene rings is 1. The molecule has 2 aromatic rings. The van der Waals surface area contributed by atoms with Crippen LogP contribution in [0, 0.1) is 5.82 Å². The van der Waals surface area contributed by atoms with E-state index in [0.717, 1.165) is 29.6 Å². The zero-order valence-electron chi connectivity index (χ0n) is 18.6. The third-order valence-corrected chi connectivity index (χ3v) is 9.31. The SMILES string of the molecule is CNC(=O)C(O)(c1ccc(S(=O)(=O)N2CCN(c3ccc(F)cc3C(F)(F)F)C[C@H]2C)s1)C(F)(F)F. The summed E-state index contributed by atoms with van der Waals surface area (Å²) in [6.07, 6.45) is -10.3. The lowest BCUT2D eigenvalue weighted by Crippen LogP contribution is -2.54. The number of thiophene rings is 1. The van der Waals surface area contributed by atoms with Gasteiger partial charge in [-0.05, 0) is 37.3 Å². The minimum absolute atomic E-state index is 0.0531. The summed E-state index contributed by atoms with van der Waals surface area (Å²) in [6.45, 7) is 0.619. The first-order valence-electron chi connectivity index (χ1n) is 10.2. The van der Waals surface area contributed by atoms with Gasteiger partial charge in [0.1, 0.15) is 10.0 Å². The molecule has 1 aliphatic rings. The summed E-state index contributed by atoms with van der Waals surface area (Å²) in [5, 5.41) is 11.8. The smallest absolute Gasteiger partial charge is 0.368 e. The highest BCUT2D eigenvalue weighted by molar-refractivity contribution is 7.91. The molecule has 0 aliphatic carbocycles. The summed E-state index contributed by atoms with van der Waals surface area (Å²) in [5.41, 5.74) is -5.55. The van der Waals surface area contributed by atoms with Crippen LogP contribution in [0.5, 0.6) is 0 Å². The highest BCUT2D eigenvalue weighted by Crippen LogP contribution is 2.44. The van der Waals surface area contributed by atoms with Gasteiger partial charge in [-0.1, -0.05) is 0 Å². The molecule has 200 valence electrons. The molecular formula is C20H20F7N3O4S2. The molecule has 1 fully saturated rings. The maximum absolute atomic E-state index is 13.5. The van der Waals surface area contributed by atoms with Crippen molar-refractivity contribution in [2.75, 3.05) is 31.6 Å². The van der Waals surface area contributed by atoms with Crippen molar-refractivity contribution in [2.24, 2.45) is 0 Å². The number of alkyl halides is 6. The molecular weight excluding hydrogens is 543 g/mol. The first kappa shape index (κ1) is 28.1. The number of anilines is 1. The lowest BCUT2D eigenvalue weighted by atomic mass is 10.0. The van der Waals surface area contributed by atoms with E-state index in [9.17, 15) is 49.1 Å². The molecule has 36 heavy (non-hydrogen) atoms. The summed E-state index contributed by atoms with van der Waals surface area (Å²) in [7, 11) is -3.57. The van der Waals surface area contributed by atoms with E-state index in [2.05, 4.69) is 0 Å². The molecule has 7 nitrogen and oxygen atoms in total. The minimum atomic E-state index is -5.46. The van der Waals surface area contributed by atoms with Crippen molar-refractivity contribution in [3.63, 3.8) is 0 Å². The zero-order chi connectivity index (χ0) is 27.3. The van der Waals surface area contributed by atoms with Gasteiger partial charge >= 0.3 is 12.4 Å². The Bertz CT molecular complexity index is 1250. The number of nitrogens with one attached hydrogen (secondary N) is 1. The van der Waals surface area contributed by atoms with Crippen LogP contribution in [0.25, 0.3) is 0 Å². The highest BCUT2D eigenvalue weighted by Gasteiger charge is 2.61. The van der Waals surface area contributed by atoms with E-state index in [1.165, 1.54) is 11.8 Å². The lowest BCUT2D eigenvalue weighted by Gasteiger charge is -2.40. The van der Waals surface area contributed by atoms with Gasteiger partial charge in [-0.15, -0.1) is 11.3 Å². The van der Waals surface area contributed by atoms with Crippen LogP contribution in [0.15, 0.2) is 34.5 Å². The van der Waals surface area contributed by atoms with Crippen molar-refractivity contribution in [1.82, 2.24) is 9.62 Å². The van der Waals surface area contributed by atoms with Crippen molar-refractivity contribution in [1.29, 1.82) is 0 Å². The normalized spacial score (nSPS) is 19.7. The Morgan fingerprint density at radius 2 is 1.75 bits per heavy atom. The van der Waals surface area contributed by atoms with Crippen LogP contribution in [0.2, 0.25) is 0 Å². The Morgan fingerprint density at radius 1 is 1.11 bits per heavy atom. The number of hydrogen-bond donors (Lipinski definition) is 2. The average molecular weight is 564 g/mol. The Balaban J connectivity index is 1.90. The standard InChI is InChI=1S/C20H20F7N3O4S2/c1-11-10-29(14-4-3-12(21)9-13(14)19(22,23)24)7-8-30(11)36(33,34)16-6-5-15(35-16)18(32,17(31)28-2)20(25,26)27/h3-6,9,11,32H,7-8,10H2,1-2H3,(H,28,31)/t11-,18?/m1/s1. The molecule has 0 radical (unpaired) electrons. The number of aliphatic hydroxyl groups is 1. The van der Waals surface area contributed by atoms with Crippen LogP contribution in [0.1, 0.15) is 17.4 Å². The van der Waals surface area contributed by atoms with E-state index < -0.39 is 60.4 Å². The summed E-state index contributed by atoms with van der Waals surface area (Å²) in [4.78, 5) is 12.1. The third kappa shape index (κ3) is 4.90. The molecule has 3 rings (SSSR count). The Hall–Kier alpha value is -2.43. The van der Waals surface area contributed by atoms with E-state index in [1.807, 2.05) is 0 Å². The topological polar surface area (TPSA) is 89.9 Å². The fraction of sp³-hybridized carbons (Fsp3) is 0.450. The van der Waals surface area contributed by atoms with Crippen molar-refractivity contribution < 1.29 is 49.1 Å². The van der Waals surface area contributed by atoms with Gasteiger partial charge in [-0.3, -0.25) is 4.79 Å². The van der Waals surface area contributed by atoms with Crippen molar-refractivity contribution in [3.05, 3.63) is 46.6 Å². The van der Waals surface area contributed by atoms with Crippen LogP contribution >= 0.6 is 11.3 Å². The Kier molecular flexibility index (Phi) is 7.40. The number of amides is 1. The second kappa shape index (κ2) is 9.46. The third-order valence-electron chi connectivity index (χ3n) is 5.64. The van der Waals surface area contributed by atoms with Gasteiger partial charge in [0.15, 0.2) is 0 Å². The van der Waals surface area contributed by atoms with E-state index in [1.54, 1.807) is 5.32 Å². The molecule has 2 heterocycles. The molecule has 2 N–H and O–H groups in total. The van der Waals surface area contributed by atoms with Gasteiger partial charge in [0, 0.05) is 38.4 Å². The predicted molar refractivity (Wildman–Crippen MR) is 115 cm³/mol. The van der Waals surface area contributed by atoms with Crippen LogP contribution in [-0.4, -0.2) is 62.6 Å². The minimum Gasteiger partial charge on any atom is -0.368 e. The molecule has 1 aromatic heterocycles. The summed E-state index contributed by atoms with van der Waals surface area (Å²) < 4.78 is 121. The number of halogens is 7. The Morgan fingerprint density at radius 3 is 2.28 bits per heavy atom. The molecule has 0 spiro atoms. The molecule has 2 atom stereocenters. The molecule has 1 saturated heterocycles. The maximum atomic E-state index is 13.5. The van der Waals surface area contributed by atoms with E-state index in [0.29, 0.717) is 12.1 Å². The largest absolute Gasteiger partial charge is 0.431 e.